The molecule has 0 unspecified atom stereocenters. The van der Waals surface area contributed by atoms with Crippen LogP contribution in [0.25, 0.3) is 0 Å². The number of thiophene rings is 1. The molecule has 98 valence electrons. The fourth-order valence-electron chi connectivity index (χ4n) is 2.35. The molecule has 0 spiro atoms. The van der Waals surface area contributed by atoms with E-state index in [-0.39, 0.29) is 17.5 Å². The minimum atomic E-state index is -0.187. The van der Waals surface area contributed by atoms with Crippen LogP contribution in [0, 0.1) is 0 Å². The lowest BCUT2D eigenvalue weighted by Crippen LogP contribution is -2.15. The molecule has 0 aromatic carbocycles. The van der Waals surface area contributed by atoms with Gasteiger partial charge < -0.3 is 10.4 Å². The summed E-state index contributed by atoms with van der Waals surface area (Å²) < 4.78 is 0. The van der Waals surface area contributed by atoms with Crippen molar-refractivity contribution in [2.24, 2.45) is 0 Å². The number of nitrogens with one attached hydrogen (secondary N) is 1. The molecule has 5 heteroatoms. The maximum atomic E-state index is 12.2. The Hall–Kier alpha value is -1.88. The highest BCUT2D eigenvalue weighted by Crippen LogP contribution is 2.31. The normalized spacial score (nSPS) is 13.9. The number of amides is 1. The Morgan fingerprint density at radius 2 is 2.21 bits per heavy atom. The predicted molar refractivity (Wildman–Crippen MR) is 74.8 cm³/mol. The topological polar surface area (TPSA) is 62.2 Å². The van der Waals surface area contributed by atoms with Crippen molar-refractivity contribution in [1.82, 2.24) is 4.98 Å². The number of pyridine rings is 1. The smallest absolute Gasteiger partial charge is 0.258 e. The van der Waals surface area contributed by atoms with Gasteiger partial charge >= 0.3 is 0 Å². The number of carbonyl (C=O) groups is 1. The maximum absolute atomic E-state index is 12.2. The number of nitrogens with zero attached hydrogens (tertiary/aromatic N) is 1. The molecular weight excluding hydrogens is 260 g/mol. The third-order valence-corrected chi connectivity index (χ3v) is 4.41. The molecule has 0 fully saturated rings. The lowest BCUT2D eigenvalue weighted by atomic mass is 9.96. The Kier molecular flexibility index (Phi) is 3.21. The molecule has 1 aliphatic rings. The van der Waals surface area contributed by atoms with Gasteiger partial charge in [-0.2, -0.15) is 0 Å². The SMILES string of the molecule is O=C(Nc1ncccc1O)c1csc2c1CCCC2. The molecule has 0 radical (unpaired) electrons. The molecule has 1 aliphatic carbocycles. The van der Waals surface area contributed by atoms with Gasteiger partial charge in [0.05, 0.1) is 5.56 Å². The Labute approximate surface area is 115 Å². The van der Waals surface area contributed by atoms with Crippen LogP contribution in [0.2, 0.25) is 0 Å². The first-order valence-electron chi connectivity index (χ1n) is 6.30. The third-order valence-electron chi connectivity index (χ3n) is 3.32. The summed E-state index contributed by atoms with van der Waals surface area (Å²) in [6, 6.07) is 3.13. The summed E-state index contributed by atoms with van der Waals surface area (Å²) in [5.74, 6) is 0.0107. The van der Waals surface area contributed by atoms with E-state index in [1.807, 2.05) is 5.38 Å². The van der Waals surface area contributed by atoms with Crippen LogP contribution in [-0.2, 0) is 12.8 Å². The Morgan fingerprint density at radius 1 is 1.37 bits per heavy atom. The minimum absolute atomic E-state index is 0.0139. The molecule has 2 aromatic rings. The summed E-state index contributed by atoms with van der Waals surface area (Å²) in [7, 11) is 0. The molecule has 0 atom stereocenters. The minimum Gasteiger partial charge on any atom is -0.504 e. The number of aromatic hydroxyl groups is 1. The standard InChI is InChI=1S/C14H14N2O2S/c17-11-5-3-7-15-13(11)16-14(18)10-8-19-12-6-2-1-4-9(10)12/h3,5,7-8,17H,1-2,4,6H2,(H,15,16,18). The Morgan fingerprint density at radius 3 is 3.05 bits per heavy atom. The summed E-state index contributed by atoms with van der Waals surface area (Å²) in [6.45, 7) is 0. The molecular formula is C14H14N2O2S. The molecule has 0 saturated heterocycles. The first-order chi connectivity index (χ1) is 9.25. The zero-order valence-electron chi connectivity index (χ0n) is 10.3. The van der Waals surface area contributed by atoms with Gasteiger partial charge in [-0.15, -0.1) is 11.3 Å². The van der Waals surface area contributed by atoms with E-state index < -0.39 is 0 Å². The number of hydrogen-bond donors (Lipinski definition) is 2. The van der Waals surface area contributed by atoms with Gasteiger partial charge in [0, 0.05) is 16.5 Å². The van der Waals surface area contributed by atoms with Crippen LogP contribution >= 0.6 is 11.3 Å². The van der Waals surface area contributed by atoms with Gasteiger partial charge in [-0.3, -0.25) is 4.79 Å². The third kappa shape index (κ3) is 2.33. The zero-order chi connectivity index (χ0) is 13.2. The number of aryl methyl sites for hydroxylation is 1. The molecule has 2 heterocycles. The quantitative estimate of drug-likeness (QED) is 0.885. The van der Waals surface area contributed by atoms with Crippen LogP contribution < -0.4 is 5.32 Å². The van der Waals surface area contributed by atoms with Crippen molar-refractivity contribution in [3.63, 3.8) is 0 Å². The highest BCUT2D eigenvalue weighted by molar-refractivity contribution is 7.10. The Balaban J connectivity index is 1.85. The molecule has 1 amide bonds. The molecule has 2 aromatic heterocycles. The van der Waals surface area contributed by atoms with E-state index >= 15 is 0 Å². The lowest BCUT2D eigenvalue weighted by molar-refractivity contribution is 0.102. The number of anilines is 1. The molecule has 0 saturated carbocycles. The van der Waals surface area contributed by atoms with Crippen molar-refractivity contribution in [1.29, 1.82) is 0 Å². The fraction of sp³-hybridized carbons (Fsp3) is 0.286. The van der Waals surface area contributed by atoms with Crippen molar-refractivity contribution >= 4 is 23.1 Å². The first kappa shape index (κ1) is 12.2. The second kappa shape index (κ2) is 5.01. The van der Waals surface area contributed by atoms with Gasteiger partial charge in [0.1, 0.15) is 0 Å². The number of carbonyl (C=O) groups excluding carboxylic acids is 1. The van der Waals surface area contributed by atoms with Crippen molar-refractivity contribution in [2.75, 3.05) is 5.32 Å². The molecule has 19 heavy (non-hydrogen) atoms. The first-order valence-corrected chi connectivity index (χ1v) is 7.18. The average Bonchev–Trinajstić information content (AvgIpc) is 2.85. The van der Waals surface area contributed by atoms with Gasteiger partial charge in [-0.25, -0.2) is 4.98 Å². The van der Waals surface area contributed by atoms with E-state index in [0.29, 0.717) is 0 Å². The van der Waals surface area contributed by atoms with E-state index in [4.69, 9.17) is 0 Å². The molecule has 4 nitrogen and oxygen atoms in total. The number of fused-ring (bicyclic) bond motifs is 1. The van der Waals surface area contributed by atoms with E-state index in [2.05, 4.69) is 10.3 Å². The van der Waals surface area contributed by atoms with Crippen LogP contribution in [0.3, 0.4) is 0 Å². The van der Waals surface area contributed by atoms with Crippen molar-refractivity contribution in [3.05, 3.63) is 39.7 Å². The number of hydrogen-bond acceptors (Lipinski definition) is 4. The van der Waals surface area contributed by atoms with E-state index in [0.717, 1.165) is 24.8 Å². The van der Waals surface area contributed by atoms with Crippen molar-refractivity contribution in [2.45, 2.75) is 25.7 Å². The summed E-state index contributed by atoms with van der Waals surface area (Å²) in [5, 5.41) is 14.2. The highest BCUT2D eigenvalue weighted by Gasteiger charge is 2.20. The largest absolute Gasteiger partial charge is 0.504 e. The molecule has 0 aliphatic heterocycles. The van der Waals surface area contributed by atoms with E-state index in [1.165, 1.54) is 22.9 Å². The Bertz CT molecular complexity index is 622. The lowest BCUT2D eigenvalue weighted by Gasteiger charge is -2.12. The van der Waals surface area contributed by atoms with Crippen LogP contribution in [-0.4, -0.2) is 16.0 Å². The molecule has 0 bridgehead atoms. The zero-order valence-corrected chi connectivity index (χ0v) is 11.2. The fourth-order valence-corrected chi connectivity index (χ4v) is 3.48. The molecule has 2 N–H and O–H groups in total. The van der Waals surface area contributed by atoms with Gasteiger partial charge in [-0.1, -0.05) is 0 Å². The van der Waals surface area contributed by atoms with Crippen LogP contribution in [0.4, 0.5) is 5.82 Å². The van der Waals surface area contributed by atoms with Crippen LogP contribution in [0.1, 0.15) is 33.6 Å². The van der Waals surface area contributed by atoms with Crippen molar-refractivity contribution in [3.8, 4) is 5.75 Å². The summed E-state index contributed by atoms with van der Waals surface area (Å²) >= 11 is 1.65. The predicted octanol–water partition coefficient (Wildman–Crippen LogP) is 2.98. The van der Waals surface area contributed by atoms with Crippen LogP contribution in [0.5, 0.6) is 5.75 Å². The second-order valence-corrected chi connectivity index (χ2v) is 5.55. The summed E-state index contributed by atoms with van der Waals surface area (Å²) in [4.78, 5) is 17.5. The second-order valence-electron chi connectivity index (χ2n) is 4.58. The number of rotatable bonds is 2. The molecule has 3 rings (SSSR count). The van der Waals surface area contributed by atoms with E-state index in [9.17, 15) is 9.90 Å². The van der Waals surface area contributed by atoms with Gasteiger partial charge in [-0.05, 0) is 43.4 Å². The summed E-state index contributed by atoms with van der Waals surface area (Å²) in [5.41, 5.74) is 1.90. The maximum Gasteiger partial charge on any atom is 0.258 e. The average molecular weight is 274 g/mol. The van der Waals surface area contributed by atoms with Crippen LogP contribution in [0.15, 0.2) is 23.7 Å². The van der Waals surface area contributed by atoms with Gasteiger partial charge in [0.25, 0.3) is 5.91 Å². The van der Waals surface area contributed by atoms with E-state index in [1.54, 1.807) is 23.6 Å². The summed E-state index contributed by atoms with van der Waals surface area (Å²) in [6.07, 6.45) is 5.92. The highest BCUT2D eigenvalue weighted by atomic mass is 32.1. The van der Waals surface area contributed by atoms with Gasteiger partial charge in [0.2, 0.25) is 0 Å². The van der Waals surface area contributed by atoms with Crippen molar-refractivity contribution < 1.29 is 9.90 Å². The van der Waals surface area contributed by atoms with Gasteiger partial charge in [0.15, 0.2) is 11.6 Å². The number of aromatic nitrogens is 1. The monoisotopic (exact) mass is 274 g/mol.